The highest BCUT2D eigenvalue weighted by Crippen LogP contribution is 2.26. The van der Waals surface area contributed by atoms with Gasteiger partial charge in [0.05, 0.1) is 10.7 Å². The molecule has 4 heteroatoms. The summed E-state index contributed by atoms with van der Waals surface area (Å²) in [5.41, 5.74) is 2.50. The van der Waals surface area contributed by atoms with Crippen LogP contribution in [-0.4, -0.2) is 0 Å². The van der Waals surface area contributed by atoms with E-state index < -0.39 is 0 Å². The zero-order chi connectivity index (χ0) is 13.1. The number of para-hydroxylation sites is 1. The summed E-state index contributed by atoms with van der Waals surface area (Å²) in [5, 5.41) is 3.82. The van der Waals surface area contributed by atoms with Gasteiger partial charge >= 0.3 is 0 Å². The second-order valence-electron chi connectivity index (χ2n) is 4.02. The lowest BCUT2D eigenvalue weighted by molar-refractivity contribution is 0.612. The van der Waals surface area contributed by atoms with Crippen LogP contribution in [0.2, 0.25) is 5.02 Å². The third-order valence-electron chi connectivity index (χ3n) is 2.69. The van der Waals surface area contributed by atoms with Crippen molar-refractivity contribution in [3.8, 4) is 0 Å². The van der Waals surface area contributed by atoms with Crippen LogP contribution in [-0.2, 0) is 6.54 Å². The molecule has 2 aromatic carbocycles. The predicted octanol–water partition coefficient (Wildman–Crippen LogP) is 5.16. The molecule has 0 saturated carbocycles. The van der Waals surface area contributed by atoms with Crippen LogP contribution in [0.15, 0.2) is 40.9 Å². The average molecular weight is 329 g/mol. The number of rotatable bonds is 3. The zero-order valence-electron chi connectivity index (χ0n) is 9.81. The third kappa shape index (κ3) is 3.03. The Morgan fingerprint density at radius 2 is 2.06 bits per heavy atom. The maximum absolute atomic E-state index is 13.7. The van der Waals surface area contributed by atoms with Crippen LogP contribution < -0.4 is 5.32 Å². The molecule has 0 fully saturated rings. The molecule has 94 valence electrons. The Bertz CT molecular complexity index is 551. The number of benzene rings is 2. The summed E-state index contributed by atoms with van der Waals surface area (Å²) in [5.74, 6) is -0.235. The van der Waals surface area contributed by atoms with Gasteiger partial charge in [-0.05, 0) is 30.7 Å². The molecular formula is C14H12BrClFN. The zero-order valence-corrected chi connectivity index (χ0v) is 12.1. The Morgan fingerprint density at radius 1 is 1.28 bits per heavy atom. The number of hydrogen-bond donors (Lipinski definition) is 1. The van der Waals surface area contributed by atoms with E-state index in [0.717, 1.165) is 15.7 Å². The first-order valence-corrected chi connectivity index (χ1v) is 6.68. The van der Waals surface area contributed by atoms with E-state index in [1.807, 2.05) is 31.2 Å². The summed E-state index contributed by atoms with van der Waals surface area (Å²) < 4.78 is 14.4. The Balaban J connectivity index is 2.16. The van der Waals surface area contributed by atoms with Gasteiger partial charge in [-0.3, -0.25) is 0 Å². The summed E-state index contributed by atoms with van der Waals surface area (Å²) in [6.07, 6.45) is 0. The molecule has 2 aromatic rings. The fourth-order valence-corrected chi connectivity index (χ4v) is 2.33. The van der Waals surface area contributed by atoms with Crippen LogP contribution in [0, 0.1) is 12.7 Å². The number of nitrogens with one attached hydrogen (secondary N) is 1. The van der Waals surface area contributed by atoms with Crippen molar-refractivity contribution in [1.82, 2.24) is 0 Å². The molecule has 18 heavy (non-hydrogen) atoms. The van der Waals surface area contributed by atoms with Crippen molar-refractivity contribution >= 4 is 33.2 Å². The first kappa shape index (κ1) is 13.4. The molecular weight excluding hydrogens is 317 g/mol. The van der Waals surface area contributed by atoms with Crippen LogP contribution in [0.5, 0.6) is 0 Å². The Hall–Kier alpha value is -1.06. The van der Waals surface area contributed by atoms with E-state index in [2.05, 4.69) is 21.2 Å². The molecule has 0 heterocycles. The molecule has 0 saturated heterocycles. The van der Waals surface area contributed by atoms with Crippen molar-refractivity contribution in [3.63, 3.8) is 0 Å². The lowest BCUT2D eigenvalue weighted by Crippen LogP contribution is -2.03. The number of halogens is 3. The standard InChI is InChI=1S/C14H12BrClFN/c1-9-3-2-4-12(16)14(9)18-8-10-5-6-11(15)7-13(10)17/h2-7,18H,8H2,1H3. The van der Waals surface area contributed by atoms with Crippen molar-refractivity contribution in [2.24, 2.45) is 0 Å². The van der Waals surface area contributed by atoms with Gasteiger partial charge in [0.15, 0.2) is 0 Å². The molecule has 0 aliphatic heterocycles. The van der Waals surface area contributed by atoms with E-state index in [-0.39, 0.29) is 5.82 Å². The van der Waals surface area contributed by atoms with E-state index in [0.29, 0.717) is 17.1 Å². The highest BCUT2D eigenvalue weighted by atomic mass is 79.9. The van der Waals surface area contributed by atoms with E-state index in [9.17, 15) is 4.39 Å². The van der Waals surface area contributed by atoms with Crippen LogP contribution in [0.25, 0.3) is 0 Å². The van der Waals surface area contributed by atoms with Crippen molar-refractivity contribution in [1.29, 1.82) is 0 Å². The van der Waals surface area contributed by atoms with Crippen LogP contribution in [0.1, 0.15) is 11.1 Å². The highest BCUT2D eigenvalue weighted by molar-refractivity contribution is 9.10. The maximum Gasteiger partial charge on any atom is 0.129 e. The number of aryl methyl sites for hydroxylation is 1. The van der Waals surface area contributed by atoms with Gasteiger partial charge in [-0.2, -0.15) is 0 Å². The van der Waals surface area contributed by atoms with Gasteiger partial charge in [-0.1, -0.05) is 45.7 Å². The first-order chi connectivity index (χ1) is 8.58. The average Bonchev–Trinajstić information content (AvgIpc) is 2.31. The molecule has 0 unspecified atom stereocenters. The van der Waals surface area contributed by atoms with Gasteiger partial charge in [0.1, 0.15) is 5.82 Å². The van der Waals surface area contributed by atoms with Crippen molar-refractivity contribution in [3.05, 3.63) is 62.8 Å². The van der Waals surface area contributed by atoms with Gasteiger partial charge < -0.3 is 5.32 Å². The van der Waals surface area contributed by atoms with Crippen LogP contribution >= 0.6 is 27.5 Å². The van der Waals surface area contributed by atoms with E-state index in [1.165, 1.54) is 6.07 Å². The maximum atomic E-state index is 13.7. The van der Waals surface area contributed by atoms with Gasteiger partial charge in [0, 0.05) is 16.6 Å². The monoisotopic (exact) mass is 327 g/mol. The second kappa shape index (κ2) is 5.72. The quantitative estimate of drug-likeness (QED) is 0.820. The second-order valence-corrected chi connectivity index (χ2v) is 5.34. The number of hydrogen-bond acceptors (Lipinski definition) is 1. The predicted molar refractivity (Wildman–Crippen MR) is 77.6 cm³/mol. The molecule has 0 atom stereocenters. The molecule has 1 N–H and O–H groups in total. The van der Waals surface area contributed by atoms with Gasteiger partial charge in [-0.25, -0.2) is 4.39 Å². The van der Waals surface area contributed by atoms with Crippen molar-refractivity contribution < 1.29 is 4.39 Å². The van der Waals surface area contributed by atoms with Gasteiger partial charge in [0.25, 0.3) is 0 Å². The summed E-state index contributed by atoms with van der Waals surface area (Å²) in [6.45, 7) is 2.37. The van der Waals surface area contributed by atoms with Crippen molar-refractivity contribution in [2.45, 2.75) is 13.5 Å². The minimum atomic E-state index is -0.235. The Labute approximate surface area is 119 Å². The minimum absolute atomic E-state index is 0.235. The summed E-state index contributed by atoms with van der Waals surface area (Å²) in [7, 11) is 0. The normalized spacial score (nSPS) is 10.4. The summed E-state index contributed by atoms with van der Waals surface area (Å²) >= 11 is 9.33. The number of anilines is 1. The van der Waals surface area contributed by atoms with E-state index in [4.69, 9.17) is 11.6 Å². The SMILES string of the molecule is Cc1cccc(Cl)c1NCc1ccc(Br)cc1F. The fraction of sp³-hybridized carbons (Fsp3) is 0.143. The molecule has 0 spiro atoms. The lowest BCUT2D eigenvalue weighted by Gasteiger charge is -2.12. The molecule has 0 amide bonds. The molecule has 0 bridgehead atoms. The first-order valence-electron chi connectivity index (χ1n) is 5.51. The summed E-state index contributed by atoms with van der Waals surface area (Å²) in [4.78, 5) is 0. The molecule has 0 aliphatic rings. The van der Waals surface area contributed by atoms with E-state index >= 15 is 0 Å². The summed E-state index contributed by atoms with van der Waals surface area (Å²) in [6, 6.07) is 10.7. The topological polar surface area (TPSA) is 12.0 Å². The largest absolute Gasteiger partial charge is 0.379 e. The smallest absolute Gasteiger partial charge is 0.129 e. The molecule has 1 nitrogen and oxygen atoms in total. The molecule has 0 radical (unpaired) electrons. The molecule has 0 aliphatic carbocycles. The van der Waals surface area contributed by atoms with Crippen LogP contribution in [0.4, 0.5) is 10.1 Å². The third-order valence-corrected chi connectivity index (χ3v) is 3.50. The molecule has 0 aromatic heterocycles. The van der Waals surface area contributed by atoms with Crippen LogP contribution in [0.3, 0.4) is 0 Å². The Kier molecular flexibility index (Phi) is 4.25. The van der Waals surface area contributed by atoms with Gasteiger partial charge in [-0.15, -0.1) is 0 Å². The highest BCUT2D eigenvalue weighted by Gasteiger charge is 2.06. The molecule has 2 rings (SSSR count). The van der Waals surface area contributed by atoms with Crippen molar-refractivity contribution in [2.75, 3.05) is 5.32 Å². The minimum Gasteiger partial charge on any atom is -0.379 e. The Morgan fingerprint density at radius 3 is 2.72 bits per heavy atom. The van der Waals surface area contributed by atoms with E-state index in [1.54, 1.807) is 6.07 Å². The fourth-order valence-electron chi connectivity index (χ4n) is 1.70. The lowest BCUT2D eigenvalue weighted by atomic mass is 10.1. The van der Waals surface area contributed by atoms with Gasteiger partial charge in [0.2, 0.25) is 0 Å².